The van der Waals surface area contributed by atoms with E-state index in [4.69, 9.17) is 9.16 Å². The molecule has 0 aromatic carbocycles. The summed E-state index contributed by atoms with van der Waals surface area (Å²) < 4.78 is 10.9. The van der Waals surface area contributed by atoms with Crippen LogP contribution in [0.5, 0.6) is 0 Å². The van der Waals surface area contributed by atoms with Gasteiger partial charge in [0.1, 0.15) is 0 Å². The fraction of sp³-hybridized carbons (Fsp3) is 0.857. The van der Waals surface area contributed by atoms with Gasteiger partial charge < -0.3 is 14.5 Å². The molecule has 0 aromatic heterocycles. The fourth-order valence-electron chi connectivity index (χ4n) is 1.50. The molecule has 0 aromatic rings. The van der Waals surface area contributed by atoms with Crippen LogP contribution in [0.1, 0.15) is 34.6 Å². The number of carbonyl (C=O) groups is 2. The first-order chi connectivity index (χ1) is 9.02. The lowest BCUT2D eigenvalue weighted by Crippen LogP contribution is -2.53. The SMILES string of the molecule is COC(=O)[C@@H](NC(=O)C(C)C)[C@@H](C)O[Si](C)(C)C(C)C. The summed E-state index contributed by atoms with van der Waals surface area (Å²) >= 11 is 0. The number of esters is 1. The number of carbonyl (C=O) groups excluding carboxylic acids is 2. The smallest absolute Gasteiger partial charge is 0.331 e. The highest BCUT2D eigenvalue weighted by molar-refractivity contribution is 6.72. The Kier molecular flexibility index (Phi) is 7.44. The first-order valence-corrected chi connectivity index (χ1v) is 10.1. The Labute approximate surface area is 123 Å². The van der Waals surface area contributed by atoms with E-state index in [1.165, 1.54) is 7.11 Å². The van der Waals surface area contributed by atoms with E-state index in [9.17, 15) is 9.59 Å². The predicted octanol–water partition coefficient (Wildman–Crippen LogP) is 2.32. The van der Waals surface area contributed by atoms with Gasteiger partial charge in [0.25, 0.3) is 0 Å². The second kappa shape index (κ2) is 7.78. The van der Waals surface area contributed by atoms with Gasteiger partial charge in [-0.05, 0) is 25.6 Å². The molecule has 0 saturated carbocycles. The first kappa shape index (κ1) is 19.1. The maximum Gasteiger partial charge on any atom is 0.331 e. The molecule has 0 spiro atoms. The lowest BCUT2D eigenvalue weighted by molar-refractivity contribution is -0.148. The minimum Gasteiger partial charge on any atom is -0.467 e. The van der Waals surface area contributed by atoms with Crippen LogP contribution in [0.25, 0.3) is 0 Å². The zero-order valence-electron chi connectivity index (χ0n) is 13.9. The maximum absolute atomic E-state index is 11.9. The molecule has 0 fully saturated rings. The molecule has 1 amide bonds. The molecule has 20 heavy (non-hydrogen) atoms. The molecule has 1 N–H and O–H groups in total. The van der Waals surface area contributed by atoms with Crippen molar-refractivity contribution in [3.63, 3.8) is 0 Å². The van der Waals surface area contributed by atoms with Crippen molar-refractivity contribution in [2.24, 2.45) is 5.92 Å². The zero-order valence-corrected chi connectivity index (χ0v) is 14.9. The second-order valence-corrected chi connectivity index (χ2v) is 10.8. The Morgan fingerprint density at radius 1 is 1.05 bits per heavy atom. The third kappa shape index (κ3) is 5.62. The fourth-order valence-corrected chi connectivity index (χ4v) is 2.86. The summed E-state index contributed by atoms with van der Waals surface area (Å²) in [4.78, 5) is 23.7. The van der Waals surface area contributed by atoms with Gasteiger partial charge in [-0.25, -0.2) is 4.79 Å². The topological polar surface area (TPSA) is 64.6 Å². The van der Waals surface area contributed by atoms with Crippen molar-refractivity contribution in [2.75, 3.05) is 7.11 Å². The molecule has 0 aliphatic rings. The van der Waals surface area contributed by atoms with Gasteiger partial charge in [-0.2, -0.15) is 0 Å². The average molecular weight is 303 g/mol. The standard InChI is InChI=1S/C14H29NO4Si/c1-9(2)13(16)15-12(14(17)18-6)11(5)19-20(7,8)10(3)4/h9-12H,1-8H3,(H,15,16)/t11-,12+/m1/s1. The molecule has 6 heteroatoms. The number of methoxy groups -OCH3 is 1. The van der Waals surface area contributed by atoms with E-state index in [-0.39, 0.29) is 11.8 Å². The average Bonchev–Trinajstić information content (AvgIpc) is 2.33. The minimum absolute atomic E-state index is 0.181. The summed E-state index contributed by atoms with van der Waals surface area (Å²) in [5.74, 6) is -0.843. The van der Waals surface area contributed by atoms with Crippen molar-refractivity contribution in [2.45, 2.75) is 65.4 Å². The highest BCUT2D eigenvalue weighted by Gasteiger charge is 2.35. The van der Waals surface area contributed by atoms with Crippen LogP contribution in [-0.4, -0.2) is 39.4 Å². The van der Waals surface area contributed by atoms with Crippen molar-refractivity contribution >= 4 is 20.2 Å². The third-order valence-electron chi connectivity index (χ3n) is 3.63. The molecular weight excluding hydrogens is 274 g/mol. The van der Waals surface area contributed by atoms with Crippen LogP contribution >= 0.6 is 0 Å². The van der Waals surface area contributed by atoms with E-state index in [1.54, 1.807) is 20.8 Å². The van der Waals surface area contributed by atoms with Crippen molar-refractivity contribution in [1.82, 2.24) is 5.32 Å². The van der Waals surface area contributed by atoms with Gasteiger partial charge in [-0.15, -0.1) is 0 Å². The van der Waals surface area contributed by atoms with Crippen molar-refractivity contribution in [3.8, 4) is 0 Å². The number of amides is 1. The van der Waals surface area contributed by atoms with E-state index in [2.05, 4.69) is 32.3 Å². The van der Waals surface area contributed by atoms with Gasteiger partial charge in [-0.1, -0.05) is 27.7 Å². The van der Waals surface area contributed by atoms with Crippen LogP contribution in [0.2, 0.25) is 18.6 Å². The van der Waals surface area contributed by atoms with Gasteiger partial charge in [0.2, 0.25) is 5.91 Å². The highest BCUT2D eigenvalue weighted by Crippen LogP contribution is 2.24. The predicted molar refractivity (Wildman–Crippen MR) is 81.9 cm³/mol. The number of rotatable bonds is 7. The molecule has 0 unspecified atom stereocenters. The van der Waals surface area contributed by atoms with Crippen molar-refractivity contribution in [3.05, 3.63) is 0 Å². The molecule has 0 aliphatic carbocycles. The quantitative estimate of drug-likeness (QED) is 0.579. The Balaban J connectivity index is 4.96. The lowest BCUT2D eigenvalue weighted by atomic mass is 10.1. The number of ether oxygens (including phenoxy) is 1. The molecule has 0 rings (SSSR count). The molecule has 0 heterocycles. The van der Waals surface area contributed by atoms with E-state index < -0.39 is 26.4 Å². The maximum atomic E-state index is 11.9. The first-order valence-electron chi connectivity index (χ1n) is 7.09. The Bertz CT molecular complexity index is 342. The van der Waals surface area contributed by atoms with Gasteiger partial charge in [0, 0.05) is 5.92 Å². The zero-order chi connectivity index (χ0) is 16.1. The van der Waals surface area contributed by atoms with Crippen LogP contribution < -0.4 is 5.32 Å². The normalized spacial score (nSPS) is 15.1. The van der Waals surface area contributed by atoms with Crippen LogP contribution in [0, 0.1) is 5.92 Å². The van der Waals surface area contributed by atoms with Crippen LogP contribution in [0.15, 0.2) is 0 Å². The molecule has 2 atom stereocenters. The van der Waals surface area contributed by atoms with E-state index in [0.29, 0.717) is 5.54 Å². The Hall–Kier alpha value is -0.883. The summed E-state index contributed by atoms with van der Waals surface area (Å²) in [6.07, 6.45) is -0.408. The third-order valence-corrected chi connectivity index (χ3v) is 7.39. The monoisotopic (exact) mass is 303 g/mol. The van der Waals surface area contributed by atoms with Crippen molar-refractivity contribution in [1.29, 1.82) is 0 Å². The summed E-state index contributed by atoms with van der Waals surface area (Å²) in [5, 5.41) is 2.71. The Morgan fingerprint density at radius 2 is 1.55 bits per heavy atom. The summed E-state index contributed by atoms with van der Waals surface area (Å²) in [6.45, 7) is 13.8. The van der Waals surface area contributed by atoms with Crippen molar-refractivity contribution < 1.29 is 18.8 Å². The van der Waals surface area contributed by atoms with E-state index >= 15 is 0 Å². The molecule has 5 nitrogen and oxygen atoms in total. The van der Waals surface area contributed by atoms with Gasteiger partial charge >= 0.3 is 5.97 Å². The van der Waals surface area contributed by atoms with Gasteiger partial charge in [0.15, 0.2) is 14.4 Å². The summed E-state index contributed by atoms with van der Waals surface area (Å²) in [7, 11) is -0.588. The molecule has 0 radical (unpaired) electrons. The number of nitrogens with one attached hydrogen (secondary N) is 1. The molecule has 0 bridgehead atoms. The molecular formula is C14H29NO4Si. The highest BCUT2D eigenvalue weighted by atomic mass is 28.4. The van der Waals surface area contributed by atoms with Gasteiger partial charge in [-0.3, -0.25) is 4.79 Å². The number of hydrogen-bond donors (Lipinski definition) is 1. The summed E-state index contributed by atoms with van der Waals surface area (Å²) in [6, 6.07) is -0.763. The minimum atomic E-state index is -1.90. The van der Waals surface area contributed by atoms with E-state index in [0.717, 1.165) is 0 Å². The molecule has 0 saturated heterocycles. The van der Waals surface area contributed by atoms with Crippen LogP contribution in [0.4, 0.5) is 0 Å². The van der Waals surface area contributed by atoms with Crippen LogP contribution in [0.3, 0.4) is 0 Å². The largest absolute Gasteiger partial charge is 0.467 e. The van der Waals surface area contributed by atoms with Gasteiger partial charge in [0.05, 0.1) is 13.2 Å². The Morgan fingerprint density at radius 3 is 1.90 bits per heavy atom. The molecule has 0 aliphatic heterocycles. The molecule has 118 valence electrons. The lowest BCUT2D eigenvalue weighted by Gasteiger charge is -2.34. The second-order valence-electron chi connectivity index (χ2n) is 6.25. The number of hydrogen-bond acceptors (Lipinski definition) is 4. The van der Waals surface area contributed by atoms with Crippen LogP contribution in [-0.2, 0) is 18.8 Å². The van der Waals surface area contributed by atoms with E-state index in [1.807, 2.05) is 0 Å². The summed E-state index contributed by atoms with van der Waals surface area (Å²) in [5.41, 5.74) is 0.420.